The summed E-state index contributed by atoms with van der Waals surface area (Å²) in [5, 5.41) is 0.358. The minimum Gasteiger partial charge on any atom is -0.444 e. The van der Waals surface area contributed by atoms with E-state index < -0.39 is 11.7 Å². The summed E-state index contributed by atoms with van der Waals surface area (Å²) in [4.78, 5) is 32.6. The van der Waals surface area contributed by atoms with Crippen LogP contribution < -0.4 is 5.56 Å². The third-order valence-corrected chi connectivity index (χ3v) is 5.70. The lowest BCUT2D eigenvalue weighted by atomic mass is 9.98. The zero-order valence-electron chi connectivity index (χ0n) is 18.5. The van der Waals surface area contributed by atoms with Crippen molar-refractivity contribution in [2.24, 2.45) is 0 Å². The summed E-state index contributed by atoms with van der Waals surface area (Å²) in [6, 6.07) is 19.3. The monoisotopic (exact) mass is 449 g/mol. The van der Waals surface area contributed by atoms with E-state index in [4.69, 9.17) is 4.74 Å². The average molecular weight is 450 g/mol. The highest BCUT2D eigenvalue weighted by Crippen LogP contribution is 2.28. The van der Waals surface area contributed by atoms with Gasteiger partial charge in [-0.3, -0.25) is 9.36 Å². The van der Waals surface area contributed by atoms with Crippen LogP contribution in [0.1, 0.15) is 49.2 Å². The van der Waals surface area contributed by atoms with Gasteiger partial charge >= 0.3 is 6.09 Å². The van der Waals surface area contributed by atoms with E-state index in [0.29, 0.717) is 29.4 Å². The third kappa shape index (κ3) is 4.58. The van der Waals surface area contributed by atoms with Gasteiger partial charge in [0.25, 0.3) is 5.56 Å². The molecule has 4 rings (SSSR count). The predicted octanol–water partition coefficient (Wildman–Crippen LogP) is 4.46. The lowest BCUT2D eigenvalue weighted by molar-refractivity contribution is 0.0220. The molecule has 0 fully saturated rings. The largest absolute Gasteiger partial charge is 0.444 e. The number of hydrogen-bond acceptors (Lipinski definition) is 5. The van der Waals surface area contributed by atoms with Gasteiger partial charge in [0.05, 0.1) is 23.8 Å². The molecule has 0 unspecified atom stereocenters. The van der Waals surface area contributed by atoms with Gasteiger partial charge in [-0.2, -0.15) is 0 Å². The van der Waals surface area contributed by atoms with Gasteiger partial charge in [-0.15, -0.1) is 12.6 Å². The van der Waals surface area contributed by atoms with E-state index in [-0.39, 0.29) is 18.1 Å². The minimum atomic E-state index is -0.601. The first kappa shape index (κ1) is 22.1. The van der Waals surface area contributed by atoms with Gasteiger partial charge < -0.3 is 9.64 Å². The van der Waals surface area contributed by atoms with E-state index in [0.717, 1.165) is 11.1 Å². The van der Waals surface area contributed by atoms with Crippen molar-refractivity contribution in [1.82, 2.24) is 14.5 Å². The maximum Gasteiger partial charge on any atom is 0.410 e. The molecule has 166 valence electrons. The Kier molecular flexibility index (Phi) is 6.11. The summed E-state index contributed by atoms with van der Waals surface area (Å²) < 4.78 is 7.13. The van der Waals surface area contributed by atoms with Crippen molar-refractivity contribution in [1.29, 1.82) is 0 Å². The quantitative estimate of drug-likeness (QED) is 0.474. The van der Waals surface area contributed by atoms with E-state index in [2.05, 4.69) is 17.6 Å². The van der Waals surface area contributed by atoms with Crippen molar-refractivity contribution in [2.75, 3.05) is 6.54 Å². The number of amides is 1. The topological polar surface area (TPSA) is 64.4 Å². The fraction of sp³-hybridized carbons (Fsp3) is 0.320. The Morgan fingerprint density at radius 2 is 1.59 bits per heavy atom. The molecule has 0 saturated heterocycles. The van der Waals surface area contributed by atoms with Crippen molar-refractivity contribution in [3.63, 3.8) is 0 Å². The molecule has 0 atom stereocenters. The number of carbonyl (C=O) groups is 1. The SMILES string of the molecule is CC(C)(C)OC(=O)N1CCc2nc(S)n(C(c3ccccc3)c3ccccc3)c(=O)c2C1. The first-order chi connectivity index (χ1) is 15.2. The second-order valence-electron chi connectivity index (χ2n) is 8.89. The van der Waals surface area contributed by atoms with Crippen LogP contribution in [-0.2, 0) is 17.7 Å². The molecule has 1 aliphatic heterocycles. The Bertz CT molecular complexity index is 1130. The number of ether oxygens (including phenoxy) is 1. The summed E-state index contributed by atoms with van der Waals surface area (Å²) in [6.07, 6.45) is 0.0613. The van der Waals surface area contributed by atoms with Crippen molar-refractivity contribution >= 4 is 18.7 Å². The summed E-state index contributed by atoms with van der Waals surface area (Å²) in [5.41, 5.74) is 2.32. The van der Waals surface area contributed by atoms with Gasteiger partial charge in [-0.1, -0.05) is 60.7 Å². The van der Waals surface area contributed by atoms with E-state index in [1.54, 1.807) is 9.47 Å². The molecule has 0 radical (unpaired) electrons. The van der Waals surface area contributed by atoms with Gasteiger partial charge in [-0.25, -0.2) is 9.78 Å². The third-order valence-electron chi connectivity index (χ3n) is 5.38. The number of hydrogen-bond donors (Lipinski definition) is 1. The summed E-state index contributed by atoms with van der Waals surface area (Å²) in [7, 11) is 0. The van der Waals surface area contributed by atoms with Gasteiger partial charge in [0.2, 0.25) is 0 Å². The van der Waals surface area contributed by atoms with Crippen LogP contribution in [0.25, 0.3) is 0 Å². The summed E-state index contributed by atoms with van der Waals surface area (Å²) >= 11 is 4.61. The fourth-order valence-electron chi connectivity index (χ4n) is 3.95. The fourth-order valence-corrected chi connectivity index (χ4v) is 4.28. The Morgan fingerprint density at radius 3 is 2.12 bits per heavy atom. The Labute approximate surface area is 193 Å². The maximum atomic E-state index is 13.8. The van der Waals surface area contributed by atoms with Crippen LogP contribution >= 0.6 is 12.6 Å². The van der Waals surface area contributed by atoms with Crippen LogP contribution in [0.2, 0.25) is 0 Å². The van der Waals surface area contributed by atoms with E-state index in [9.17, 15) is 9.59 Å². The smallest absolute Gasteiger partial charge is 0.410 e. The minimum absolute atomic E-state index is 0.167. The lowest BCUT2D eigenvalue weighted by Gasteiger charge is -2.31. The molecule has 6 nitrogen and oxygen atoms in total. The van der Waals surface area contributed by atoms with E-state index >= 15 is 0 Å². The number of nitrogens with zero attached hydrogens (tertiary/aromatic N) is 3. The van der Waals surface area contributed by atoms with Crippen LogP contribution in [0.5, 0.6) is 0 Å². The number of benzene rings is 2. The van der Waals surface area contributed by atoms with Gasteiger partial charge in [0, 0.05) is 13.0 Å². The number of thiol groups is 1. The molecule has 32 heavy (non-hydrogen) atoms. The van der Waals surface area contributed by atoms with Crippen LogP contribution in [0.15, 0.2) is 70.6 Å². The highest BCUT2D eigenvalue weighted by Gasteiger charge is 2.30. The zero-order valence-corrected chi connectivity index (χ0v) is 19.4. The number of aromatic nitrogens is 2. The van der Waals surface area contributed by atoms with Gasteiger partial charge in [0.15, 0.2) is 5.16 Å². The van der Waals surface area contributed by atoms with Gasteiger partial charge in [0.1, 0.15) is 5.60 Å². The molecule has 0 bridgehead atoms. The lowest BCUT2D eigenvalue weighted by Crippen LogP contribution is -2.44. The molecule has 0 saturated carbocycles. The number of carbonyl (C=O) groups excluding carboxylic acids is 1. The molecule has 2 heterocycles. The molecule has 3 aromatic rings. The second kappa shape index (κ2) is 8.82. The van der Waals surface area contributed by atoms with Crippen LogP contribution in [0.4, 0.5) is 4.79 Å². The van der Waals surface area contributed by atoms with E-state index in [1.165, 1.54) is 0 Å². The number of rotatable bonds is 3. The molecular weight excluding hydrogens is 422 g/mol. The molecule has 1 aliphatic rings. The Balaban J connectivity index is 1.80. The highest BCUT2D eigenvalue weighted by atomic mass is 32.1. The van der Waals surface area contributed by atoms with Gasteiger partial charge in [-0.05, 0) is 31.9 Å². The van der Waals surface area contributed by atoms with Crippen LogP contribution in [0, 0.1) is 0 Å². The van der Waals surface area contributed by atoms with Crippen molar-refractivity contribution in [3.05, 3.63) is 93.4 Å². The van der Waals surface area contributed by atoms with Crippen molar-refractivity contribution < 1.29 is 9.53 Å². The molecular formula is C25H27N3O3S. The second-order valence-corrected chi connectivity index (χ2v) is 9.29. The molecule has 1 amide bonds. The molecule has 0 spiro atoms. The average Bonchev–Trinajstić information content (AvgIpc) is 2.76. The summed E-state index contributed by atoms with van der Waals surface area (Å²) in [5.74, 6) is 0. The first-order valence-corrected chi connectivity index (χ1v) is 11.1. The molecule has 0 aliphatic carbocycles. The van der Waals surface area contributed by atoms with Crippen molar-refractivity contribution in [3.8, 4) is 0 Å². The normalized spacial score (nSPS) is 13.7. The molecule has 0 N–H and O–H groups in total. The molecule has 2 aromatic carbocycles. The Morgan fingerprint density at radius 1 is 1.03 bits per heavy atom. The Hall–Kier alpha value is -3.06. The maximum absolute atomic E-state index is 13.8. The van der Waals surface area contributed by atoms with Crippen LogP contribution in [-0.4, -0.2) is 32.7 Å². The predicted molar refractivity (Wildman–Crippen MR) is 126 cm³/mol. The number of fused-ring (bicyclic) bond motifs is 1. The van der Waals surface area contributed by atoms with E-state index in [1.807, 2.05) is 81.4 Å². The molecule has 1 aromatic heterocycles. The van der Waals surface area contributed by atoms with Crippen molar-refractivity contribution in [2.45, 2.75) is 50.5 Å². The summed E-state index contributed by atoms with van der Waals surface area (Å²) in [6.45, 7) is 6.10. The first-order valence-electron chi connectivity index (χ1n) is 10.7. The zero-order chi connectivity index (χ0) is 22.9. The molecule has 7 heteroatoms. The standard InChI is InChI=1S/C25H27N3O3S/c1-25(2,3)31-24(30)27-15-14-20-19(16-27)22(29)28(23(32)26-20)21(17-10-6-4-7-11-17)18-12-8-5-9-13-18/h4-13,21H,14-16H2,1-3H3,(H,26,32). The highest BCUT2D eigenvalue weighted by molar-refractivity contribution is 7.80. The van der Waals surface area contributed by atoms with Crippen LogP contribution in [0.3, 0.4) is 0 Å².